The van der Waals surface area contributed by atoms with Crippen LogP contribution in [0.3, 0.4) is 0 Å². The van der Waals surface area contributed by atoms with Crippen molar-refractivity contribution in [3.8, 4) is 0 Å². The van der Waals surface area contributed by atoms with E-state index in [1.54, 1.807) is 24.3 Å². The van der Waals surface area contributed by atoms with E-state index >= 15 is 0 Å². The summed E-state index contributed by atoms with van der Waals surface area (Å²) in [7, 11) is -3.18. The van der Waals surface area contributed by atoms with Gasteiger partial charge < -0.3 is 0 Å². The molecule has 0 saturated carbocycles. The molecule has 2 rings (SSSR count). The fraction of sp³-hybridized carbons (Fsp3) is 0.200. The highest BCUT2D eigenvalue weighted by Crippen LogP contribution is 2.16. The Balaban J connectivity index is 2.13. The molecule has 0 aliphatic heterocycles. The summed E-state index contributed by atoms with van der Waals surface area (Å²) in [6.07, 6.45) is 0. The van der Waals surface area contributed by atoms with Gasteiger partial charge in [0.1, 0.15) is 0 Å². The molecule has 0 atom stereocenters. The normalized spacial score (nSPS) is 11.5. The maximum atomic E-state index is 12.1. The molecule has 0 aliphatic rings. The second kappa shape index (κ2) is 5.76. The van der Waals surface area contributed by atoms with Gasteiger partial charge >= 0.3 is 0 Å². The van der Waals surface area contributed by atoms with E-state index in [2.05, 4.69) is 0 Å². The van der Waals surface area contributed by atoms with Gasteiger partial charge in [-0.1, -0.05) is 53.6 Å². The predicted octanol–water partition coefficient (Wildman–Crippen LogP) is 3.76. The lowest BCUT2D eigenvalue weighted by molar-refractivity contribution is 0.594. The Kier molecular flexibility index (Phi) is 4.27. The average Bonchev–Trinajstić information content (AvgIpc) is 2.31. The summed E-state index contributed by atoms with van der Waals surface area (Å²) in [6, 6.07) is 14.5. The van der Waals surface area contributed by atoms with Gasteiger partial charge in [-0.2, -0.15) is 0 Å². The standard InChI is InChI=1S/C15H15ClO2S/c1-12-5-7-13(8-6-12)10-19(17,18)11-14-3-2-4-15(16)9-14/h2-9H,10-11H2,1H3. The SMILES string of the molecule is Cc1ccc(CS(=O)(=O)Cc2cccc(Cl)c2)cc1. The number of benzene rings is 2. The van der Waals surface area contributed by atoms with Crippen molar-refractivity contribution in [3.05, 3.63) is 70.2 Å². The molecule has 2 nitrogen and oxygen atoms in total. The minimum atomic E-state index is -3.18. The first-order valence-electron chi connectivity index (χ1n) is 5.95. The van der Waals surface area contributed by atoms with Crippen molar-refractivity contribution in [3.63, 3.8) is 0 Å². The largest absolute Gasteiger partial charge is 0.228 e. The van der Waals surface area contributed by atoms with Crippen LogP contribution >= 0.6 is 11.6 Å². The molecule has 2 aromatic carbocycles. The number of sulfone groups is 1. The second-order valence-corrected chi connectivity index (χ2v) is 7.15. The third kappa shape index (κ3) is 4.37. The predicted molar refractivity (Wildman–Crippen MR) is 79.0 cm³/mol. The Morgan fingerprint density at radius 3 is 2.21 bits per heavy atom. The highest BCUT2D eigenvalue weighted by Gasteiger charge is 2.13. The lowest BCUT2D eigenvalue weighted by Gasteiger charge is -2.05. The molecule has 0 saturated heterocycles. The molecule has 4 heteroatoms. The van der Waals surface area contributed by atoms with Crippen molar-refractivity contribution in [2.75, 3.05) is 0 Å². The van der Waals surface area contributed by atoms with Gasteiger partial charge in [0.2, 0.25) is 0 Å². The molecule has 100 valence electrons. The summed E-state index contributed by atoms with van der Waals surface area (Å²) >= 11 is 5.86. The minimum Gasteiger partial charge on any atom is -0.228 e. The van der Waals surface area contributed by atoms with E-state index in [0.29, 0.717) is 5.02 Å². The molecular formula is C15H15ClO2S. The third-order valence-electron chi connectivity index (χ3n) is 2.78. The zero-order valence-corrected chi connectivity index (χ0v) is 12.2. The molecule has 0 unspecified atom stereocenters. The molecule has 0 fully saturated rings. The van der Waals surface area contributed by atoms with Crippen molar-refractivity contribution < 1.29 is 8.42 Å². The Labute approximate surface area is 119 Å². The van der Waals surface area contributed by atoms with Crippen molar-refractivity contribution in [2.45, 2.75) is 18.4 Å². The molecule has 0 amide bonds. The third-order valence-corrected chi connectivity index (χ3v) is 4.56. The van der Waals surface area contributed by atoms with E-state index in [1.165, 1.54) is 0 Å². The van der Waals surface area contributed by atoms with Gasteiger partial charge in [0.05, 0.1) is 11.5 Å². The number of aryl methyl sites for hydroxylation is 1. The van der Waals surface area contributed by atoms with Gasteiger partial charge in [0.25, 0.3) is 0 Å². The number of hydrogen-bond donors (Lipinski definition) is 0. The fourth-order valence-electron chi connectivity index (χ4n) is 1.87. The second-order valence-electron chi connectivity index (χ2n) is 4.65. The molecule has 0 aromatic heterocycles. The van der Waals surface area contributed by atoms with E-state index in [-0.39, 0.29) is 11.5 Å². The smallest absolute Gasteiger partial charge is 0.158 e. The maximum Gasteiger partial charge on any atom is 0.158 e. The van der Waals surface area contributed by atoms with Crippen LogP contribution in [0.1, 0.15) is 16.7 Å². The highest BCUT2D eigenvalue weighted by molar-refractivity contribution is 7.89. The van der Waals surface area contributed by atoms with Gasteiger partial charge in [-0.05, 0) is 30.2 Å². The average molecular weight is 295 g/mol. The molecule has 0 aliphatic carbocycles. The van der Waals surface area contributed by atoms with Crippen molar-refractivity contribution in [2.24, 2.45) is 0 Å². The molecule has 0 radical (unpaired) electrons. The monoisotopic (exact) mass is 294 g/mol. The van der Waals surface area contributed by atoms with Crippen LogP contribution in [0, 0.1) is 6.92 Å². The highest BCUT2D eigenvalue weighted by atomic mass is 35.5. The van der Waals surface area contributed by atoms with Crippen LogP contribution in [0.4, 0.5) is 0 Å². The molecular weight excluding hydrogens is 280 g/mol. The summed E-state index contributed by atoms with van der Waals surface area (Å²) in [6.45, 7) is 1.98. The molecule has 0 spiro atoms. The van der Waals surface area contributed by atoms with Crippen LogP contribution in [0.25, 0.3) is 0 Å². The van der Waals surface area contributed by atoms with Crippen molar-refractivity contribution in [1.29, 1.82) is 0 Å². The molecule has 0 bridgehead atoms. The van der Waals surface area contributed by atoms with Crippen molar-refractivity contribution >= 4 is 21.4 Å². The number of hydrogen-bond acceptors (Lipinski definition) is 2. The van der Waals surface area contributed by atoms with E-state index in [1.807, 2.05) is 31.2 Å². The van der Waals surface area contributed by atoms with Crippen LogP contribution in [0.15, 0.2) is 48.5 Å². The van der Waals surface area contributed by atoms with E-state index in [0.717, 1.165) is 16.7 Å². The Morgan fingerprint density at radius 1 is 0.947 bits per heavy atom. The van der Waals surface area contributed by atoms with E-state index in [4.69, 9.17) is 11.6 Å². The van der Waals surface area contributed by atoms with Crippen molar-refractivity contribution in [1.82, 2.24) is 0 Å². The van der Waals surface area contributed by atoms with Crippen LogP contribution in [-0.4, -0.2) is 8.42 Å². The van der Waals surface area contributed by atoms with Gasteiger partial charge in [0, 0.05) is 5.02 Å². The maximum absolute atomic E-state index is 12.1. The van der Waals surface area contributed by atoms with Crippen LogP contribution in [0.2, 0.25) is 5.02 Å². The molecule has 0 N–H and O–H groups in total. The first kappa shape index (κ1) is 14.1. The summed E-state index contributed by atoms with van der Waals surface area (Å²) in [5.74, 6) is 0.0707. The first-order valence-corrected chi connectivity index (χ1v) is 8.15. The number of halogens is 1. The van der Waals surface area contributed by atoms with E-state index < -0.39 is 9.84 Å². The Morgan fingerprint density at radius 2 is 1.58 bits per heavy atom. The van der Waals surface area contributed by atoms with Gasteiger partial charge in [-0.25, -0.2) is 8.42 Å². The first-order chi connectivity index (χ1) is 8.94. The Hall–Kier alpha value is -1.32. The summed E-state index contributed by atoms with van der Waals surface area (Å²) in [4.78, 5) is 0. The van der Waals surface area contributed by atoms with Crippen LogP contribution in [0.5, 0.6) is 0 Å². The number of rotatable bonds is 4. The Bertz CT molecular complexity index is 661. The summed E-state index contributed by atoms with van der Waals surface area (Å²) < 4.78 is 24.2. The van der Waals surface area contributed by atoms with E-state index in [9.17, 15) is 8.42 Å². The summed E-state index contributed by atoms with van der Waals surface area (Å²) in [5, 5.41) is 0.558. The topological polar surface area (TPSA) is 34.1 Å². The molecule has 0 heterocycles. The quantitative estimate of drug-likeness (QED) is 0.860. The van der Waals surface area contributed by atoms with Gasteiger partial charge in [0.15, 0.2) is 9.84 Å². The zero-order chi connectivity index (χ0) is 13.9. The zero-order valence-electron chi connectivity index (χ0n) is 10.6. The van der Waals surface area contributed by atoms with Crippen LogP contribution < -0.4 is 0 Å². The minimum absolute atomic E-state index is 0.0153. The lowest BCUT2D eigenvalue weighted by atomic mass is 10.2. The molecule has 19 heavy (non-hydrogen) atoms. The van der Waals surface area contributed by atoms with Gasteiger partial charge in [-0.3, -0.25) is 0 Å². The summed E-state index contributed by atoms with van der Waals surface area (Å²) in [5.41, 5.74) is 2.66. The molecule has 2 aromatic rings. The lowest BCUT2D eigenvalue weighted by Crippen LogP contribution is -2.07. The van der Waals surface area contributed by atoms with Gasteiger partial charge in [-0.15, -0.1) is 0 Å². The fourth-order valence-corrected chi connectivity index (χ4v) is 3.57. The van der Waals surface area contributed by atoms with Crippen LogP contribution in [-0.2, 0) is 21.3 Å².